The largest absolute Gasteiger partial charge is 0.480 e. The van der Waals surface area contributed by atoms with E-state index in [9.17, 15) is 14.7 Å². The molecule has 0 fully saturated rings. The smallest absolute Gasteiger partial charge is 0.408 e. The molecule has 2 atom stereocenters. The molecule has 0 spiro atoms. The highest BCUT2D eigenvalue weighted by Gasteiger charge is 2.32. The zero-order valence-corrected chi connectivity index (χ0v) is 17.5. The van der Waals surface area contributed by atoms with E-state index in [0.29, 0.717) is 6.61 Å². The average Bonchev–Trinajstić information content (AvgIpc) is 2.69. The van der Waals surface area contributed by atoms with Gasteiger partial charge in [-0.05, 0) is 31.9 Å². The fourth-order valence-electron chi connectivity index (χ4n) is 2.63. The topological polar surface area (TPSA) is 94.1 Å². The standard InChI is InChI=1S/C23H29NO6/c1-23(2,3)30-22(27)24-20(21(25)26)19(29-15-18-12-8-5-9-13-18)16-28-14-17-10-6-4-7-11-17/h4-13,19-20H,14-16H2,1-3H3,(H,24,27)(H,25,26)/t19-,20+/m1/s1. The lowest BCUT2D eigenvalue weighted by Crippen LogP contribution is -2.52. The van der Waals surface area contributed by atoms with Crippen molar-refractivity contribution in [3.05, 3.63) is 71.8 Å². The maximum atomic E-state index is 12.2. The zero-order chi connectivity index (χ0) is 22.0. The molecular formula is C23H29NO6. The van der Waals surface area contributed by atoms with Crippen LogP contribution in [0.15, 0.2) is 60.7 Å². The first kappa shape index (κ1) is 23.4. The van der Waals surface area contributed by atoms with E-state index in [2.05, 4.69) is 5.32 Å². The Bertz CT molecular complexity index is 788. The predicted molar refractivity (Wildman–Crippen MR) is 112 cm³/mol. The van der Waals surface area contributed by atoms with Gasteiger partial charge in [0.1, 0.15) is 11.7 Å². The van der Waals surface area contributed by atoms with E-state index in [1.54, 1.807) is 20.8 Å². The quantitative estimate of drug-likeness (QED) is 0.614. The van der Waals surface area contributed by atoms with Crippen LogP contribution < -0.4 is 5.32 Å². The number of nitrogens with one attached hydrogen (secondary N) is 1. The molecule has 0 aliphatic heterocycles. The number of benzene rings is 2. The molecule has 2 aromatic rings. The van der Waals surface area contributed by atoms with Crippen LogP contribution in [-0.2, 0) is 32.2 Å². The highest BCUT2D eigenvalue weighted by molar-refractivity contribution is 5.80. The molecule has 0 radical (unpaired) electrons. The summed E-state index contributed by atoms with van der Waals surface area (Å²) < 4.78 is 16.7. The van der Waals surface area contributed by atoms with Gasteiger partial charge in [-0.25, -0.2) is 9.59 Å². The molecule has 0 saturated carbocycles. The number of aliphatic carboxylic acids is 1. The van der Waals surface area contributed by atoms with Crippen LogP contribution in [0.5, 0.6) is 0 Å². The summed E-state index contributed by atoms with van der Waals surface area (Å²) in [6.45, 7) is 5.57. The molecule has 7 heteroatoms. The second-order valence-electron chi connectivity index (χ2n) is 7.80. The fraction of sp³-hybridized carbons (Fsp3) is 0.391. The van der Waals surface area contributed by atoms with Crippen molar-refractivity contribution in [3.8, 4) is 0 Å². The number of hydrogen-bond acceptors (Lipinski definition) is 5. The lowest BCUT2D eigenvalue weighted by molar-refractivity contribution is -0.146. The summed E-state index contributed by atoms with van der Waals surface area (Å²) in [7, 11) is 0. The number of alkyl carbamates (subject to hydrolysis) is 1. The maximum Gasteiger partial charge on any atom is 0.408 e. The number of carboxylic acid groups (broad SMARTS) is 1. The molecule has 0 aliphatic carbocycles. The molecule has 2 N–H and O–H groups in total. The van der Waals surface area contributed by atoms with Crippen molar-refractivity contribution < 1.29 is 28.9 Å². The van der Waals surface area contributed by atoms with Crippen LogP contribution in [0.3, 0.4) is 0 Å². The molecule has 0 bridgehead atoms. The zero-order valence-electron chi connectivity index (χ0n) is 17.5. The number of ether oxygens (including phenoxy) is 3. The number of carboxylic acids is 1. The van der Waals surface area contributed by atoms with Gasteiger partial charge in [-0.15, -0.1) is 0 Å². The van der Waals surface area contributed by atoms with Crippen molar-refractivity contribution >= 4 is 12.1 Å². The van der Waals surface area contributed by atoms with Gasteiger partial charge in [0.2, 0.25) is 0 Å². The average molecular weight is 415 g/mol. The van der Waals surface area contributed by atoms with Crippen molar-refractivity contribution in [1.82, 2.24) is 5.32 Å². The summed E-state index contributed by atoms with van der Waals surface area (Å²) in [6.07, 6.45) is -1.75. The van der Waals surface area contributed by atoms with E-state index in [4.69, 9.17) is 14.2 Å². The molecule has 0 aromatic heterocycles. The van der Waals surface area contributed by atoms with Gasteiger partial charge in [0.25, 0.3) is 0 Å². The molecule has 7 nitrogen and oxygen atoms in total. The maximum absolute atomic E-state index is 12.2. The molecule has 2 rings (SSSR count). The van der Waals surface area contributed by atoms with Gasteiger partial charge in [-0.2, -0.15) is 0 Å². The van der Waals surface area contributed by atoms with E-state index >= 15 is 0 Å². The van der Waals surface area contributed by atoms with Crippen molar-refractivity contribution in [2.45, 2.75) is 51.7 Å². The molecule has 0 heterocycles. The Morgan fingerprint density at radius 3 is 1.97 bits per heavy atom. The molecule has 0 aliphatic rings. The molecule has 1 amide bonds. The first-order valence-corrected chi connectivity index (χ1v) is 9.74. The van der Waals surface area contributed by atoms with Gasteiger partial charge in [0, 0.05) is 0 Å². The van der Waals surface area contributed by atoms with Crippen LogP contribution in [0.4, 0.5) is 4.79 Å². The lowest BCUT2D eigenvalue weighted by Gasteiger charge is -2.27. The molecule has 162 valence electrons. The minimum atomic E-state index is -1.33. The van der Waals surface area contributed by atoms with Crippen LogP contribution in [-0.4, -0.2) is 41.5 Å². The third-order valence-electron chi connectivity index (χ3n) is 4.01. The van der Waals surface area contributed by atoms with E-state index < -0.39 is 29.8 Å². The molecular weight excluding hydrogens is 386 g/mol. The summed E-state index contributed by atoms with van der Waals surface area (Å²) in [4.78, 5) is 24.0. The minimum absolute atomic E-state index is 0.0194. The Balaban J connectivity index is 2.06. The summed E-state index contributed by atoms with van der Waals surface area (Å²) in [5.41, 5.74) is 1.08. The van der Waals surface area contributed by atoms with Crippen LogP contribution in [0.25, 0.3) is 0 Å². The van der Waals surface area contributed by atoms with Crippen LogP contribution in [0.2, 0.25) is 0 Å². The highest BCUT2D eigenvalue weighted by Crippen LogP contribution is 2.12. The Hall–Kier alpha value is -2.90. The van der Waals surface area contributed by atoms with Crippen LogP contribution in [0.1, 0.15) is 31.9 Å². The van der Waals surface area contributed by atoms with Gasteiger partial charge < -0.3 is 24.6 Å². The lowest BCUT2D eigenvalue weighted by atomic mass is 10.1. The number of carbonyl (C=O) groups is 2. The monoisotopic (exact) mass is 415 g/mol. The van der Waals surface area contributed by atoms with Crippen LogP contribution in [0, 0.1) is 0 Å². The molecule has 0 saturated heterocycles. The third-order valence-corrected chi connectivity index (χ3v) is 4.01. The normalized spacial score (nSPS) is 13.3. The highest BCUT2D eigenvalue weighted by atomic mass is 16.6. The van der Waals surface area contributed by atoms with E-state index in [-0.39, 0.29) is 13.2 Å². The Morgan fingerprint density at radius 1 is 0.933 bits per heavy atom. The number of carbonyl (C=O) groups excluding carboxylic acids is 1. The SMILES string of the molecule is CC(C)(C)OC(=O)N[C@H](C(=O)O)[C@@H](COCc1ccccc1)OCc1ccccc1. The molecule has 2 aromatic carbocycles. The summed E-state index contributed by atoms with van der Waals surface area (Å²) in [5, 5.41) is 12.1. The van der Waals surface area contributed by atoms with Crippen molar-refractivity contribution in [2.24, 2.45) is 0 Å². The predicted octanol–water partition coefficient (Wildman–Crippen LogP) is 3.77. The number of hydrogen-bond donors (Lipinski definition) is 2. The van der Waals surface area contributed by atoms with E-state index in [1.165, 1.54) is 0 Å². The summed E-state index contributed by atoms with van der Waals surface area (Å²) >= 11 is 0. The first-order chi connectivity index (χ1) is 14.2. The van der Waals surface area contributed by atoms with Gasteiger partial charge in [-0.3, -0.25) is 0 Å². The van der Waals surface area contributed by atoms with Gasteiger partial charge in [-0.1, -0.05) is 60.7 Å². The number of rotatable bonds is 10. The minimum Gasteiger partial charge on any atom is -0.480 e. The van der Waals surface area contributed by atoms with E-state index in [0.717, 1.165) is 11.1 Å². The van der Waals surface area contributed by atoms with Gasteiger partial charge in [0.15, 0.2) is 6.04 Å². The summed E-state index contributed by atoms with van der Waals surface area (Å²) in [6, 6.07) is 17.5. The molecule has 0 unspecified atom stereocenters. The number of amides is 1. The second kappa shape index (κ2) is 11.3. The van der Waals surface area contributed by atoms with Crippen LogP contribution >= 0.6 is 0 Å². The Kier molecular flexibility index (Phi) is 8.83. The van der Waals surface area contributed by atoms with Crippen molar-refractivity contribution in [1.29, 1.82) is 0 Å². The van der Waals surface area contributed by atoms with Crippen molar-refractivity contribution in [3.63, 3.8) is 0 Å². The van der Waals surface area contributed by atoms with Crippen molar-refractivity contribution in [2.75, 3.05) is 6.61 Å². The fourth-order valence-corrected chi connectivity index (χ4v) is 2.63. The Morgan fingerprint density at radius 2 is 1.47 bits per heavy atom. The molecule has 30 heavy (non-hydrogen) atoms. The van der Waals surface area contributed by atoms with E-state index in [1.807, 2.05) is 60.7 Å². The Labute approximate surface area is 177 Å². The third kappa shape index (κ3) is 8.63. The van der Waals surface area contributed by atoms with Gasteiger partial charge in [0.05, 0.1) is 19.8 Å². The first-order valence-electron chi connectivity index (χ1n) is 9.74. The second-order valence-corrected chi connectivity index (χ2v) is 7.80. The van der Waals surface area contributed by atoms with Gasteiger partial charge >= 0.3 is 12.1 Å². The summed E-state index contributed by atoms with van der Waals surface area (Å²) in [5.74, 6) is -1.23.